The van der Waals surface area contributed by atoms with Gasteiger partial charge in [0.05, 0.1) is 10.6 Å². The van der Waals surface area contributed by atoms with Crippen molar-refractivity contribution < 1.29 is 8.42 Å². The minimum Gasteiger partial charge on any atom is -0.279 e. The maximum atomic E-state index is 12.3. The fourth-order valence-corrected chi connectivity index (χ4v) is 3.01. The number of rotatable bonds is 3. The molecule has 2 aromatic carbocycles. The Morgan fingerprint density at radius 3 is 2.32 bits per heavy atom. The van der Waals surface area contributed by atoms with Crippen LogP contribution in [0.3, 0.4) is 0 Å². The van der Waals surface area contributed by atoms with E-state index in [-0.39, 0.29) is 4.90 Å². The Morgan fingerprint density at radius 1 is 1.00 bits per heavy atom. The van der Waals surface area contributed by atoms with E-state index in [9.17, 15) is 8.42 Å². The van der Waals surface area contributed by atoms with E-state index in [1.807, 2.05) is 19.1 Å². The number of hydrogen-bond acceptors (Lipinski definition) is 2. The standard InChI is InChI=1S/C14H14ClNO2S/c1-10-5-3-4-6-14(10)16-19(17,18)12-7-8-13(15)11(2)9-12/h3-9,16H,1-2H3. The zero-order chi connectivity index (χ0) is 14.0. The molecule has 100 valence electrons. The van der Waals surface area contributed by atoms with Gasteiger partial charge in [0, 0.05) is 5.02 Å². The van der Waals surface area contributed by atoms with Crippen molar-refractivity contribution in [2.75, 3.05) is 4.72 Å². The van der Waals surface area contributed by atoms with Gasteiger partial charge in [-0.15, -0.1) is 0 Å². The predicted octanol–water partition coefficient (Wildman–Crippen LogP) is 3.76. The minimum absolute atomic E-state index is 0.206. The van der Waals surface area contributed by atoms with Crippen LogP contribution < -0.4 is 4.72 Å². The SMILES string of the molecule is Cc1cc(S(=O)(=O)Nc2ccccc2C)ccc1Cl. The Labute approximate surface area is 118 Å². The highest BCUT2D eigenvalue weighted by Crippen LogP contribution is 2.22. The van der Waals surface area contributed by atoms with Gasteiger partial charge in [-0.3, -0.25) is 4.72 Å². The molecule has 0 aliphatic carbocycles. The molecule has 0 heterocycles. The van der Waals surface area contributed by atoms with E-state index >= 15 is 0 Å². The van der Waals surface area contributed by atoms with Crippen LogP contribution in [-0.2, 0) is 10.0 Å². The van der Waals surface area contributed by atoms with Crippen molar-refractivity contribution in [3.8, 4) is 0 Å². The average Bonchev–Trinajstić information content (AvgIpc) is 2.35. The van der Waals surface area contributed by atoms with Crippen LogP contribution in [-0.4, -0.2) is 8.42 Å². The van der Waals surface area contributed by atoms with Crippen molar-refractivity contribution in [1.29, 1.82) is 0 Å². The van der Waals surface area contributed by atoms with Gasteiger partial charge >= 0.3 is 0 Å². The topological polar surface area (TPSA) is 46.2 Å². The maximum absolute atomic E-state index is 12.3. The molecule has 0 radical (unpaired) electrons. The summed E-state index contributed by atoms with van der Waals surface area (Å²) in [5.41, 5.74) is 2.18. The molecular formula is C14H14ClNO2S. The highest BCUT2D eigenvalue weighted by molar-refractivity contribution is 7.92. The highest BCUT2D eigenvalue weighted by atomic mass is 35.5. The molecule has 0 fully saturated rings. The molecule has 3 nitrogen and oxygen atoms in total. The number of para-hydroxylation sites is 1. The summed E-state index contributed by atoms with van der Waals surface area (Å²) in [4.78, 5) is 0.206. The van der Waals surface area contributed by atoms with Crippen LogP contribution in [0.15, 0.2) is 47.4 Å². The lowest BCUT2D eigenvalue weighted by molar-refractivity contribution is 0.601. The zero-order valence-electron chi connectivity index (χ0n) is 10.6. The maximum Gasteiger partial charge on any atom is 0.261 e. The van der Waals surface area contributed by atoms with Crippen molar-refractivity contribution in [3.05, 3.63) is 58.6 Å². The second-order valence-electron chi connectivity index (χ2n) is 4.33. The zero-order valence-corrected chi connectivity index (χ0v) is 12.2. The first-order valence-corrected chi connectivity index (χ1v) is 7.61. The second-order valence-corrected chi connectivity index (χ2v) is 6.42. The molecule has 0 saturated carbocycles. The molecule has 0 aliphatic heterocycles. The third-order valence-corrected chi connectivity index (χ3v) is 4.62. The summed E-state index contributed by atoms with van der Waals surface area (Å²) in [6, 6.07) is 11.9. The molecule has 19 heavy (non-hydrogen) atoms. The average molecular weight is 296 g/mol. The van der Waals surface area contributed by atoms with Gasteiger partial charge < -0.3 is 0 Å². The van der Waals surface area contributed by atoms with Gasteiger partial charge in [-0.2, -0.15) is 0 Å². The molecule has 2 aromatic rings. The minimum atomic E-state index is -3.58. The molecular weight excluding hydrogens is 282 g/mol. The molecule has 0 aromatic heterocycles. The summed E-state index contributed by atoms with van der Waals surface area (Å²) >= 11 is 5.90. The van der Waals surface area contributed by atoms with Crippen LogP contribution in [0.4, 0.5) is 5.69 Å². The van der Waals surface area contributed by atoms with Gasteiger partial charge in [0.25, 0.3) is 10.0 Å². The molecule has 5 heteroatoms. The van der Waals surface area contributed by atoms with E-state index in [1.54, 1.807) is 31.2 Å². The van der Waals surface area contributed by atoms with Crippen LogP contribution in [0.25, 0.3) is 0 Å². The van der Waals surface area contributed by atoms with Crippen molar-refractivity contribution in [2.45, 2.75) is 18.7 Å². The molecule has 0 aliphatic rings. The quantitative estimate of drug-likeness (QED) is 0.937. The highest BCUT2D eigenvalue weighted by Gasteiger charge is 2.15. The first kappa shape index (κ1) is 13.9. The van der Waals surface area contributed by atoms with Crippen molar-refractivity contribution in [2.24, 2.45) is 0 Å². The van der Waals surface area contributed by atoms with E-state index < -0.39 is 10.0 Å². The van der Waals surface area contributed by atoms with Gasteiger partial charge in [-0.25, -0.2) is 8.42 Å². The number of anilines is 1. The van der Waals surface area contributed by atoms with Crippen LogP contribution >= 0.6 is 11.6 Å². The number of halogens is 1. The third-order valence-electron chi connectivity index (χ3n) is 2.83. The van der Waals surface area contributed by atoms with Crippen LogP contribution in [0.1, 0.15) is 11.1 Å². The summed E-state index contributed by atoms with van der Waals surface area (Å²) in [5.74, 6) is 0. The fraction of sp³-hybridized carbons (Fsp3) is 0.143. The van der Waals surface area contributed by atoms with E-state index in [2.05, 4.69) is 4.72 Å². The van der Waals surface area contributed by atoms with Crippen molar-refractivity contribution in [1.82, 2.24) is 0 Å². The van der Waals surface area contributed by atoms with Gasteiger partial charge in [-0.05, 0) is 49.2 Å². The Bertz CT molecular complexity index is 711. The lowest BCUT2D eigenvalue weighted by Gasteiger charge is -2.11. The molecule has 0 atom stereocenters. The number of sulfonamides is 1. The van der Waals surface area contributed by atoms with E-state index in [0.29, 0.717) is 10.7 Å². The van der Waals surface area contributed by atoms with E-state index in [0.717, 1.165) is 11.1 Å². The summed E-state index contributed by atoms with van der Waals surface area (Å²) in [5, 5.41) is 0.551. The first-order valence-electron chi connectivity index (χ1n) is 5.75. The molecule has 1 N–H and O–H groups in total. The van der Waals surface area contributed by atoms with E-state index in [4.69, 9.17) is 11.6 Å². The third kappa shape index (κ3) is 3.08. The fourth-order valence-electron chi connectivity index (χ4n) is 1.68. The number of aryl methyl sites for hydroxylation is 2. The number of benzene rings is 2. The summed E-state index contributed by atoms with van der Waals surface area (Å²) < 4.78 is 27.1. The molecule has 0 bridgehead atoms. The normalized spacial score (nSPS) is 11.3. The molecule has 2 rings (SSSR count). The van der Waals surface area contributed by atoms with Gasteiger partial charge in [0.2, 0.25) is 0 Å². The van der Waals surface area contributed by atoms with Gasteiger partial charge in [-0.1, -0.05) is 29.8 Å². The number of hydrogen-bond donors (Lipinski definition) is 1. The smallest absolute Gasteiger partial charge is 0.261 e. The lowest BCUT2D eigenvalue weighted by atomic mass is 10.2. The Balaban J connectivity index is 2.38. The largest absolute Gasteiger partial charge is 0.279 e. The van der Waals surface area contributed by atoms with Crippen molar-refractivity contribution >= 4 is 27.3 Å². The lowest BCUT2D eigenvalue weighted by Crippen LogP contribution is -2.13. The predicted molar refractivity (Wildman–Crippen MR) is 78.2 cm³/mol. The monoisotopic (exact) mass is 295 g/mol. The summed E-state index contributed by atoms with van der Waals surface area (Å²) in [6.07, 6.45) is 0. The summed E-state index contributed by atoms with van der Waals surface area (Å²) in [6.45, 7) is 3.63. The first-order chi connectivity index (χ1) is 8.90. The molecule has 0 amide bonds. The van der Waals surface area contributed by atoms with Gasteiger partial charge in [0.1, 0.15) is 0 Å². The van der Waals surface area contributed by atoms with E-state index in [1.165, 1.54) is 6.07 Å². The number of nitrogens with one attached hydrogen (secondary N) is 1. The van der Waals surface area contributed by atoms with Gasteiger partial charge in [0.15, 0.2) is 0 Å². The van der Waals surface area contributed by atoms with Crippen molar-refractivity contribution in [3.63, 3.8) is 0 Å². The summed E-state index contributed by atoms with van der Waals surface area (Å²) in [7, 11) is -3.58. The Morgan fingerprint density at radius 2 is 1.68 bits per heavy atom. The molecule has 0 saturated heterocycles. The van der Waals surface area contributed by atoms with Crippen LogP contribution in [0.2, 0.25) is 5.02 Å². The Hall–Kier alpha value is -1.52. The van der Waals surface area contributed by atoms with Crippen LogP contribution in [0.5, 0.6) is 0 Å². The van der Waals surface area contributed by atoms with Crippen LogP contribution in [0, 0.1) is 13.8 Å². The molecule has 0 spiro atoms. The second kappa shape index (κ2) is 5.23. The Kier molecular flexibility index (Phi) is 3.83. The molecule has 0 unspecified atom stereocenters.